The number of rotatable bonds is 8. The fourth-order valence-corrected chi connectivity index (χ4v) is 2.90. The van der Waals surface area contributed by atoms with Crippen LogP contribution in [0, 0.1) is 0 Å². The minimum absolute atomic E-state index is 0.0225. The van der Waals surface area contributed by atoms with Gasteiger partial charge in [0.25, 0.3) is 5.91 Å². The van der Waals surface area contributed by atoms with Crippen molar-refractivity contribution in [3.8, 4) is 17.2 Å². The lowest BCUT2D eigenvalue weighted by Crippen LogP contribution is -2.41. The van der Waals surface area contributed by atoms with Crippen molar-refractivity contribution in [1.82, 2.24) is 10.9 Å². The number of nitrogens with one attached hydrogen (secondary N) is 2. The smallest absolute Gasteiger partial charge is 0.305 e. The van der Waals surface area contributed by atoms with E-state index in [1.807, 2.05) is 30.3 Å². The summed E-state index contributed by atoms with van der Waals surface area (Å²) >= 11 is 6.17. The highest BCUT2D eigenvalue weighted by atomic mass is 35.5. The van der Waals surface area contributed by atoms with Crippen LogP contribution in [0.3, 0.4) is 0 Å². The van der Waals surface area contributed by atoms with Crippen molar-refractivity contribution >= 4 is 23.4 Å². The average Bonchev–Trinajstić information content (AvgIpc) is 3.27. The molecule has 0 aliphatic carbocycles. The summed E-state index contributed by atoms with van der Waals surface area (Å²) in [6.07, 6.45) is 0. The Labute approximate surface area is 184 Å². The predicted molar refractivity (Wildman–Crippen MR) is 114 cm³/mol. The van der Waals surface area contributed by atoms with Crippen molar-refractivity contribution in [2.75, 3.05) is 13.7 Å². The molecule has 1 aromatic heterocycles. The normalized spacial score (nSPS) is 10.3. The Morgan fingerprint density at radius 3 is 2.45 bits per heavy atom. The van der Waals surface area contributed by atoms with Crippen molar-refractivity contribution < 1.29 is 28.2 Å². The molecule has 1 heterocycles. The van der Waals surface area contributed by atoms with E-state index in [0.29, 0.717) is 29.6 Å². The molecule has 162 valence electrons. The number of hydrogen-bond acceptors (Lipinski definition) is 6. The van der Waals surface area contributed by atoms with Gasteiger partial charge in [-0.05, 0) is 43.3 Å². The van der Waals surface area contributed by atoms with Gasteiger partial charge >= 0.3 is 5.91 Å². The quantitative estimate of drug-likeness (QED) is 0.509. The van der Waals surface area contributed by atoms with Crippen LogP contribution >= 0.6 is 11.6 Å². The first-order valence-corrected chi connectivity index (χ1v) is 9.77. The number of para-hydroxylation sites is 1. The Morgan fingerprint density at radius 2 is 1.74 bits per heavy atom. The average molecular weight is 445 g/mol. The van der Waals surface area contributed by atoms with Gasteiger partial charge in [0.1, 0.15) is 18.1 Å². The summed E-state index contributed by atoms with van der Waals surface area (Å²) in [7, 11) is 1.44. The Balaban J connectivity index is 1.57. The lowest BCUT2D eigenvalue weighted by atomic mass is 10.2. The molecule has 0 radical (unpaired) electrons. The Hall–Kier alpha value is -3.65. The van der Waals surface area contributed by atoms with E-state index in [2.05, 4.69) is 10.9 Å². The standard InChI is InChI=1S/C22H21ClN2O6/c1-3-29-20-17(23)11-14(12-19(20)28-2)21(26)24-25-22(27)18-10-9-16(31-18)13-30-15-7-5-4-6-8-15/h4-12H,3,13H2,1-2H3,(H,24,26)(H,25,27). The minimum Gasteiger partial charge on any atom is -0.493 e. The number of carbonyl (C=O) groups excluding carboxylic acids is 2. The highest BCUT2D eigenvalue weighted by molar-refractivity contribution is 6.32. The Morgan fingerprint density at radius 1 is 1.00 bits per heavy atom. The Kier molecular flexibility index (Phi) is 7.40. The van der Waals surface area contributed by atoms with Gasteiger partial charge in [0.2, 0.25) is 0 Å². The van der Waals surface area contributed by atoms with E-state index in [-0.39, 0.29) is 23.0 Å². The maximum atomic E-state index is 12.4. The lowest BCUT2D eigenvalue weighted by molar-refractivity contribution is 0.0828. The molecule has 0 saturated heterocycles. The third kappa shape index (κ3) is 5.70. The van der Waals surface area contributed by atoms with Crippen LogP contribution in [0.5, 0.6) is 17.2 Å². The maximum Gasteiger partial charge on any atom is 0.305 e. The van der Waals surface area contributed by atoms with Crippen LogP contribution in [0.25, 0.3) is 0 Å². The number of furan rings is 1. The third-order valence-electron chi connectivity index (χ3n) is 4.08. The first kappa shape index (κ1) is 22.0. The number of ether oxygens (including phenoxy) is 3. The number of hydrogen-bond donors (Lipinski definition) is 2. The van der Waals surface area contributed by atoms with Crippen LogP contribution in [0.2, 0.25) is 5.02 Å². The molecular formula is C22H21ClN2O6. The van der Waals surface area contributed by atoms with E-state index in [4.69, 9.17) is 30.2 Å². The molecule has 31 heavy (non-hydrogen) atoms. The van der Waals surface area contributed by atoms with Crippen molar-refractivity contribution in [3.05, 3.63) is 76.7 Å². The molecule has 0 atom stereocenters. The van der Waals surface area contributed by atoms with Gasteiger partial charge in [-0.15, -0.1) is 0 Å². The molecule has 2 aromatic carbocycles. The van der Waals surface area contributed by atoms with E-state index in [1.165, 1.54) is 25.3 Å². The number of carbonyl (C=O) groups is 2. The zero-order valence-corrected chi connectivity index (χ0v) is 17.7. The van der Waals surface area contributed by atoms with Gasteiger partial charge in [0, 0.05) is 5.56 Å². The minimum atomic E-state index is -0.622. The topological polar surface area (TPSA) is 99.0 Å². The summed E-state index contributed by atoms with van der Waals surface area (Å²) < 4.78 is 21.7. The molecule has 0 bridgehead atoms. The second-order valence-corrected chi connectivity index (χ2v) is 6.61. The highest BCUT2D eigenvalue weighted by Gasteiger charge is 2.17. The molecular weight excluding hydrogens is 424 g/mol. The molecule has 2 amide bonds. The summed E-state index contributed by atoms with van der Waals surface area (Å²) in [6, 6.07) is 15.2. The van der Waals surface area contributed by atoms with E-state index >= 15 is 0 Å². The summed E-state index contributed by atoms with van der Waals surface area (Å²) in [5.74, 6) is 0.603. The van der Waals surface area contributed by atoms with E-state index < -0.39 is 11.8 Å². The molecule has 2 N–H and O–H groups in total. The van der Waals surface area contributed by atoms with Crippen LogP contribution in [0.4, 0.5) is 0 Å². The monoisotopic (exact) mass is 444 g/mol. The van der Waals surface area contributed by atoms with Gasteiger partial charge in [0.05, 0.1) is 18.7 Å². The van der Waals surface area contributed by atoms with E-state index in [9.17, 15) is 9.59 Å². The van der Waals surface area contributed by atoms with Crippen LogP contribution in [-0.2, 0) is 6.61 Å². The molecule has 0 fully saturated rings. The second-order valence-electron chi connectivity index (χ2n) is 6.20. The number of amides is 2. The molecule has 8 nitrogen and oxygen atoms in total. The van der Waals surface area contributed by atoms with Crippen molar-refractivity contribution in [1.29, 1.82) is 0 Å². The van der Waals surface area contributed by atoms with Gasteiger partial charge in [-0.2, -0.15) is 0 Å². The molecule has 3 aromatic rings. The first-order valence-electron chi connectivity index (χ1n) is 9.39. The number of halogens is 1. The largest absolute Gasteiger partial charge is 0.493 e. The van der Waals surface area contributed by atoms with Crippen molar-refractivity contribution in [3.63, 3.8) is 0 Å². The van der Waals surface area contributed by atoms with Gasteiger partial charge in [0.15, 0.2) is 17.3 Å². The second kappa shape index (κ2) is 10.4. The summed E-state index contributed by atoms with van der Waals surface area (Å²) in [5.41, 5.74) is 4.78. The van der Waals surface area contributed by atoms with Gasteiger partial charge < -0.3 is 18.6 Å². The summed E-state index contributed by atoms with van der Waals surface area (Å²) in [5, 5.41) is 0.215. The summed E-state index contributed by atoms with van der Waals surface area (Å²) in [6.45, 7) is 2.35. The van der Waals surface area contributed by atoms with Gasteiger partial charge in [-0.1, -0.05) is 29.8 Å². The first-order chi connectivity index (χ1) is 15.0. The van der Waals surface area contributed by atoms with Crippen LogP contribution in [0.1, 0.15) is 33.6 Å². The number of methoxy groups -OCH3 is 1. The lowest BCUT2D eigenvalue weighted by Gasteiger charge is -2.13. The summed E-state index contributed by atoms with van der Waals surface area (Å²) in [4.78, 5) is 24.7. The van der Waals surface area contributed by atoms with Crippen LogP contribution < -0.4 is 25.1 Å². The molecule has 0 aliphatic heterocycles. The molecule has 0 unspecified atom stereocenters. The van der Waals surface area contributed by atoms with E-state index in [0.717, 1.165) is 0 Å². The molecule has 0 aliphatic rings. The fourth-order valence-electron chi connectivity index (χ4n) is 2.63. The zero-order valence-electron chi connectivity index (χ0n) is 16.9. The van der Waals surface area contributed by atoms with Gasteiger partial charge in [-0.25, -0.2) is 0 Å². The molecule has 0 saturated carbocycles. The number of hydrazine groups is 1. The SMILES string of the molecule is CCOc1c(Cl)cc(C(=O)NNC(=O)c2ccc(COc3ccccc3)o2)cc1OC. The highest BCUT2D eigenvalue weighted by Crippen LogP contribution is 2.36. The van der Waals surface area contributed by atoms with E-state index in [1.54, 1.807) is 13.0 Å². The molecule has 3 rings (SSSR count). The van der Waals surface area contributed by atoms with Gasteiger partial charge in [-0.3, -0.25) is 20.4 Å². The molecule has 0 spiro atoms. The van der Waals surface area contributed by atoms with Crippen molar-refractivity contribution in [2.24, 2.45) is 0 Å². The Bertz CT molecular complexity index is 1050. The number of benzene rings is 2. The van der Waals surface area contributed by atoms with Crippen LogP contribution in [-0.4, -0.2) is 25.5 Å². The maximum absolute atomic E-state index is 12.4. The fraction of sp³-hybridized carbons (Fsp3) is 0.182. The predicted octanol–water partition coefficient (Wildman–Crippen LogP) is 3.99. The van der Waals surface area contributed by atoms with Crippen LogP contribution in [0.15, 0.2) is 59.0 Å². The third-order valence-corrected chi connectivity index (χ3v) is 4.36. The molecule has 9 heteroatoms. The zero-order chi connectivity index (χ0) is 22.2. The van der Waals surface area contributed by atoms with Crippen molar-refractivity contribution in [2.45, 2.75) is 13.5 Å².